The molecule has 3 aromatic carbocycles. The molecule has 3 aliphatic rings. The lowest BCUT2D eigenvalue weighted by Gasteiger charge is -2.37. The summed E-state index contributed by atoms with van der Waals surface area (Å²) in [7, 11) is -3.81. The Morgan fingerprint density at radius 3 is 2.31 bits per heavy atom. The lowest BCUT2D eigenvalue weighted by atomic mass is 9.93. The number of fused-ring (bicyclic) bond motifs is 1. The van der Waals surface area contributed by atoms with Crippen molar-refractivity contribution in [2.45, 2.75) is 81.6 Å². The van der Waals surface area contributed by atoms with Crippen molar-refractivity contribution in [3.05, 3.63) is 89.0 Å². The first kappa shape index (κ1) is 36.4. The number of rotatable bonds is 11. The lowest BCUT2D eigenvalue weighted by Crippen LogP contribution is -2.43. The molecule has 8 nitrogen and oxygen atoms in total. The standard InChI is InChI=1S/C40H45F3N4O4S/c1-3-51-34-25-33-31(24-35(34)52(49,50)4-2)36(38(48)45-39(17-18-39)28-12-6-5-7-13-28)32(26-46-21-15-30(16-22-46)47-19-8-9-20-47)37(44-33)27-11-10-14-29(23-27)40(41,42)43/h5-7,10-14,23-25,30H,3-4,8-9,15-22,26H2,1-2H3,(H,45,48). The van der Waals surface area contributed by atoms with Crippen LogP contribution in [0.15, 0.2) is 71.6 Å². The van der Waals surface area contributed by atoms with Crippen molar-refractivity contribution in [2.24, 2.45) is 0 Å². The van der Waals surface area contributed by atoms with Crippen molar-refractivity contribution in [1.82, 2.24) is 20.1 Å². The highest BCUT2D eigenvalue weighted by Crippen LogP contribution is 2.46. The Hall–Kier alpha value is -4.00. The zero-order valence-corrected chi connectivity index (χ0v) is 30.5. The van der Waals surface area contributed by atoms with Crippen molar-refractivity contribution < 1.29 is 31.1 Å². The number of hydrogen-bond acceptors (Lipinski definition) is 7. The molecule has 0 bridgehead atoms. The monoisotopic (exact) mass is 734 g/mol. The van der Waals surface area contributed by atoms with Crippen LogP contribution in [-0.2, 0) is 28.1 Å². The van der Waals surface area contributed by atoms with Crippen LogP contribution < -0.4 is 10.1 Å². The second-order valence-electron chi connectivity index (χ2n) is 14.2. The number of sulfone groups is 1. The quantitative estimate of drug-likeness (QED) is 0.170. The van der Waals surface area contributed by atoms with Gasteiger partial charge in [-0.15, -0.1) is 0 Å². The van der Waals surface area contributed by atoms with E-state index in [1.807, 2.05) is 30.3 Å². The largest absolute Gasteiger partial charge is 0.492 e. The van der Waals surface area contributed by atoms with Crippen LogP contribution in [0.1, 0.15) is 79.4 Å². The molecular formula is C40H45F3N4O4S. The molecule has 3 fully saturated rings. The van der Waals surface area contributed by atoms with E-state index in [2.05, 4.69) is 15.1 Å². The van der Waals surface area contributed by atoms with E-state index >= 15 is 0 Å². The molecule has 12 heteroatoms. The zero-order valence-electron chi connectivity index (χ0n) is 29.6. The maximum Gasteiger partial charge on any atom is 0.416 e. The number of carbonyl (C=O) groups is 1. The van der Waals surface area contributed by atoms with Crippen LogP contribution in [0.2, 0.25) is 0 Å². The maximum absolute atomic E-state index is 14.9. The molecule has 1 aromatic heterocycles. The lowest BCUT2D eigenvalue weighted by molar-refractivity contribution is -0.137. The molecule has 52 heavy (non-hydrogen) atoms. The van der Waals surface area contributed by atoms with Gasteiger partial charge in [0.25, 0.3) is 5.91 Å². The molecule has 1 N–H and O–H groups in total. The Labute approximate surface area is 303 Å². The first-order valence-corrected chi connectivity index (χ1v) is 20.0. The first-order chi connectivity index (χ1) is 24.9. The van der Waals surface area contributed by atoms with E-state index in [9.17, 15) is 26.4 Å². The number of ether oxygens (including phenoxy) is 1. The summed E-state index contributed by atoms with van der Waals surface area (Å²) >= 11 is 0. The minimum Gasteiger partial charge on any atom is -0.492 e. The van der Waals surface area contributed by atoms with Crippen LogP contribution in [0, 0.1) is 0 Å². The molecule has 2 aliphatic heterocycles. The number of likely N-dealkylation sites (tertiary alicyclic amines) is 2. The normalized spacial score (nSPS) is 18.5. The van der Waals surface area contributed by atoms with Gasteiger partial charge < -0.3 is 15.0 Å². The first-order valence-electron chi connectivity index (χ1n) is 18.3. The van der Waals surface area contributed by atoms with Gasteiger partial charge in [-0.3, -0.25) is 9.69 Å². The number of nitrogens with one attached hydrogen (secondary N) is 1. The highest BCUT2D eigenvalue weighted by atomic mass is 32.2. The molecule has 1 saturated carbocycles. The fourth-order valence-electron chi connectivity index (χ4n) is 7.89. The summed E-state index contributed by atoms with van der Waals surface area (Å²) in [5.74, 6) is -0.524. The number of amides is 1. The molecule has 276 valence electrons. The van der Waals surface area contributed by atoms with Crippen LogP contribution in [0.25, 0.3) is 22.2 Å². The van der Waals surface area contributed by atoms with Gasteiger partial charge in [-0.05, 0) is 95.4 Å². The summed E-state index contributed by atoms with van der Waals surface area (Å²) < 4.78 is 75.1. The van der Waals surface area contributed by atoms with Gasteiger partial charge in [-0.25, -0.2) is 13.4 Å². The fraction of sp³-hybridized carbons (Fsp3) is 0.450. The zero-order chi connectivity index (χ0) is 36.7. The Kier molecular flexibility index (Phi) is 10.1. The number of carbonyl (C=O) groups excluding carboxylic acids is 1. The van der Waals surface area contributed by atoms with Crippen molar-refractivity contribution >= 4 is 26.6 Å². The van der Waals surface area contributed by atoms with Crippen LogP contribution in [0.3, 0.4) is 0 Å². The van der Waals surface area contributed by atoms with Gasteiger partial charge in [0, 0.05) is 35.2 Å². The van der Waals surface area contributed by atoms with Gasteiger partial charge in [0.15, 0.2) is 9.84 Å². The molecular weight excluding hydrogens is 690 g/mol. The molecule has 1 aliphatic carbocycles. The fourth-order valence-corrected chi connectivity index (χ4v) is 8.93. The molecule has 0 unspecified atom stereocenters. The van der Waals surface area contributed by atoms with E-state index in [0.717, 1.165) is 69.6 Å². The molecule has 7 rings (SSSR count). The minimum absolute atomic E-state index is 0.0476. The summed E-state index contributed by atoms with van der Waals surface area (Å²) in [6, 6.07) is 18.2. The van der Waals surface area contributed by atoms with Gasteiger partial charge in [0.2, 0.25) is 0 Å². The summed E-state index contributed by atoms with van der Waals surface area (Å²) in [5, 5.41) is 3.60. The van der Waals surface area contributed by atoms with Crippen molar-refractivity contribution in [3.8, 4) is 17.0 Å². The van der Waals surface area contributed by atoms with Gasteiger partial charge >= 0.3 is 6.18 Å². The number of nitrogens with zero attached hydrogens (tertiary/aromatic N) is 3. The topological polar surface area (TPSA) is 91.8 Å². The van der Waals surface area contributed by atoms with Crippen LogP contribution >= 0.6 is 0 Å². The molecule has 1 amide bonds. The number of hydrogen-bond donors (Lipinski definition) is 1. The number of benzene rings is 3. The third-order valence-corrected chi connectivity index (χ3v) is 12.6. The number of halogens is 3. The van der Waals surface area contributed by atoms with E-state index in [-0.39, 0.29) is 51.9 Å². The average Bonchev–Trinajstić information content (AvgIpc) is 3.71. The minimum atomic E-state index is -4.59. The third-order valence-electron chi connectivity index (χ3n) is 10.9. The van der Waals surface area contributed by atoms with Crippen molar-refractivity contribution in [1.29, 1.82) is 0 Å². The predicted octanol–water partition coefficient (Wildman–Crippen LogP) is 7.59. The number of aromatic nitrogens is 1. The van der Waals surface area contributed by atoms with E-state index in [4.69, 9.17) is 9.72 Å². The average molecular weight is 735 g/mol. The highest BCUT2D eigenvalue weighted by Gasteiger charge is 2.46. The smallest absolute Gasteiger partial charge is 0.416 e. The third kappa shape index (κ3) is 7.30. The van der Waals surface area contributed by atoms with Crippen LogP contribution in [-0.4, -0.2) is 73.7 Å². The maximum atomic E-state index is 14.9. The summed E-state index contributed by atoms with van der Waals surface area (Å²) in [6.07, 6.45) is 1.12. The second kappa shape index (κ2) is 14.4. The van der Waals surface area contributed by atoms with E-state index in [1.165, 1.54) is 31.0 Å². The molecule has 3 heterocycles. The molecule has 0 radical (unpaired) electrons. The van der Waals surface area contributed by atoms with E-state index in [0.29, 0.717) is 17.0 Å². The molecule has 0 spiro atoms. The molecule has 4 aromatic rings. The van der Waals surface area contributed by atoms with Crippen LogP contribution in [0.5, 0.6) is 5.75 Å². The van der Waals surface area contributed by atoms with Crippen molar-refractivity contribution in [3.63, 3.8) is 0 Å². The van der Waals surface area contributed by atoms with Crippen LogP contribution in [0.4, 0.5) is 13.2 Å². The Balaban J connectivity index is 1.43. The van der Waals surface area contributed by atoms with Crippen molar-refractivity contribution in [2.75, 3.05) is 38.5 Å². The van der Waals surface area contributed by atoms with Gasteiger partial charge in [-0.2, -0.15) is 13.2 Å². The Bertz CT molecular complexity index is 2050. The van der Waals surface area contributed by atoms with Gasteiger partial charge in [0.05, 0.1) is 40.2 Å². The highest BCUT2D eigenvalue weighted by molar-refractivity contribution is 7.91. The molecule has 0 atom stereocenters. The van der Waals surface area contributed by atoms with Gasteiger partial charge in [0.1, 0.15) is 10.6 Å². The second-order valence-corrected chi connectivity index (χ2v) is 16.4. The van der Waals surface area contributed by atoms with Gasteiger partial charge in [-0.1, -0.05) is 49.4 Å². The summed E-state index contributed by atoms with van der Waals surface area (Å²) in [5.41, 5.74) is 0.947. The summed E-state index contributed by atoms with van der Waals surface area (Å²) in [4.78, 5) is 24.6. The Morgan fingerprint density at radius 2 is 1.67 bits per heavy atom. The SMILES string of the molecule is CCOc1cc2nc(-c3cccc(C(F)(F)F)c3)c(CN3CCC(N4CCCC4)CC3)c(C(=O)NC3(c4ccccc4)CC3)c2cc1S(=O)(=O)CC. The Morgan fingerprint density at radius 1 is 0.962 bits per heavy atom. The van der Waals surface area contributed by atoms with E-state index in [1.54, 1.807) is 19.9 Å². The molecule has 2 saturated heterocycles. The number of alkyl halides is 3. The van der Waals surface area contributed by atoms with E-state index < -0.39 is 33.0 Å². The number of piperidine rings is 1. The number of pyridine rings is 1. The summed E-state index contributed by atoms with van der Waals surface area (Å²) in [6.45, 7) is 7.40. The predicted molar refractivity (Wildman–Crippen MR) is 195 cm³/mol.